The van der Waals surface area contributed by atoms with Crippen molar-refractivity contribution in [1.29, 1.82) is 0 Å². The van der Waals surface area contributed by atoms with Crippen molar-refractivity contribution in [1.82, 2.24) is 5.32 Å². The van der Waals surface area contributed by atoms with Gasteiger partial charge in [0, 0.05) is 6.54 Å². The molecule has 0 radical (unpaired) electrons. The van der Waals surface area contributed by atoms with E-state index in [4.69, 9.17) is 4.74 Å². The Labute approximate surface area is 107 Å². The molecular formula is C14H20FNO2. The molecule has 0 heterocycles. The van der Waals surface area contributed by atoms with Crippen LogP contribution in [0, 0.1) is 12.7 Å². The maximum absolute atomic E-state index is 13.4. The molecule has 0 aliphatic carbocycles. The standard InChI is InChI=1S/C14H20FNO2/c1-4-5-8-16-14(17)11(3)18-13-9-10(2)6-7-12(13)15/h6-7,9,11H,4-5,8H2,1-3H3,(H,16,17). The highest BCUT2D eigenvalue weighted by atomic mass is 19.1. The van der Waals surface area contributed by atoms with E-state index in [1.54, 1.807) is 19.1 Å². The number of ether oxygens (including phenoxy) is 1. The van der Waals surface area contributed by atoms with E-state index < -0.39 is 11.9 Å². The average Bonchev–Trinajstić information content (AvgIpc) is 2.34. The topological polar surface area (TPSA) is 38.3 Å². The van der Waals surface area contributed by atoms with Crippen LogP contribution in [0.2, 0.25) is 0 Å². The van der Waals surface area contributed by atoms with Gasteiger partial charge in [0.05, 0.1) is 0 Å². The van der Waals surface area contributed by atoms with Crippen LogP contribution in [0.15, 0.2) is 18.2 Å². The fourth-order valence-corrected chi connectivity index (χ4v) is 1.48. The van der Waals surface area contributed by atoms with Gasteiger partial charge in [-0.2, -0.15) is 0 Å². The van der Waals surface area contributed by atoms with Crippen LogP contribution in [-0.4, -0.2) is 18.6 Å². The summed E-state index contributed by atoms with van der Waals surface area (Å²) < 4.78 is 18.8. The molecule has 100 valence electrons. The molecule has 0 fully saturated rings. The molecule has 0 aliphatic heterocycles. The number of unbranched alkanes of at least 4 members (excludes halogenated alkanes) is 1. The number of carbonyl (C=O) groups excluding carboxylic acids is 1. The Kier molecular flexibility index (Phi) is 5.62. The smallest absolute Gasteiger partial charge is 0.260 e. The zero-order valence-electron chi connectivity index (χ0n) is 11.1. The third-order valence-electron chi connectivity index (χ3n) is 2.59. The van der Waals surface area contributed by atoms with Gasteiger partial charge < -0.3 is 10.1 Å². The van der Waals surface area contributed by atoms with E-state index in [0.29, 0.717) is 6.54 Å². The second-order valence-corrected chi connectivity index (χ2v) is 4.34. The summed E-state index contributed by atoms with van der Waals surface area (Å²) in [6.45, 7) is 6.13. The first-order chi connectivity index (χ1) is 8.54. The molecule has 0 spiro atoms. The maximum Gasteiger partial charge on any atom is 0.260 e. The average molecular weight is 253 g/mol. The lowest BCUT2D eigenvalue weighted by Crippen LogP contribution is -2.36. The predicted octanol–water partition coefficient (Wildman–Crippen LogP) is 2.82. The van der Waals surface area contributed by atoms with Crippen LogP contribution in [0.1, 0.15) is 32.3 Å². The summed E-state index contributed by atoms with van der Waals surface area (Å²) in [5.41, 5.74) is 0.894. The van der Waals surface area contributed by atoms with Crippen LogP contribution >= 0.6 is 0 Å². The van der Waals surface area contributed by atoms with Gasteiger partial charge in [-0.3, -0.25) is 4.79 Å². The monoisotopic (exact) mass is 253 g/mol. The Balaban J connectivity index is 2.55. The quantitative estimate of drug-likeness (QED) is 0.792. The number of hydrogen-bond donors (Lipinski definition) is 1. The Morgan fingerprint density at radius 3 is 2.89 bits per heavy atom. The lowest BCUT2D eigenvalue weighted by Gasteiger charge is -2.15. The van der Waals surface area contributed by atoms with Crippen LogP contribution in [-0.2, 0) is 4.79 Å². The molecule has 1 N–H and O–H groups in total. The summed E-state index contributed by atoms with van der Waals surface area (Å²) in [4.78, 5) is 11.7. The van der Waals surface area contributed by atoms with Gasteiger partial charge in [-0.15, -0.1) is 0 Å². The van der Waals surface area contributed by atoms with E-state index in [-0.39, 0.29) is 11.7 Å². The van der Waals surface area contributed by atoms with Crippen molar-refractivity contribution in [3.8, 4) is 5.75 Å². The van der Waals surface area contributed by atoms with Gasteiger partial charge >= 0.3 is 0 Å². The van der Waals surface area contributed by atoms with E-state index >= 15 is 0 Å². The third-order valence-corrected chi connectivity index (χ3v) is 2.59. The van der Waals surface area contributed by atoms with E-state index in [0.717, 1.165) is 18.4 Å². The molecule has 0 aliphatic rings. The Hall–Kier alpha value is -1.58. The second-order valence-electron chi connectivity index (χ2n) is 4.34. The van der Waals surface area contributed by atoms with E-state index in [1.807, 2.05) is 13.8 Å². The summed E-state index contributed by atoms with van der Waals surface area (Å²) >= 11 is 0. The number of halogens is 1. The maximum atomic E-state index is 13.4. The van der Waals surface area contributed by atoms with E-state index in [2.05, 4.69) is 5.32 Å². The number of benzene rings is 1. The number of amides is 1. The van der Waals surface area contributed by atoms with Crippen molar-refractivity contribution in [3.63, 3.8) is 0 Å². The van der Waals surface area contributed by atoms with Crippen molar-refractivity contribution in [2.75, 3.05) is 6.54 Å². The molecule has 0 saturated heterocycles. The number of hydrogen-bond acceptors (Lipinski definition) is 2. The summed E-state index contributed by atoms with van der Waals surface area (Å²) in [6, 6.07) is 4.59. The molecule has 18 heavy (non-hydrogen) atoms. The van der Waals surface area contributed by atoms with Crippen molar-refractivity contribution < 1.29 is 13.9 Å². The van der Waals surface area contributed by atoms with Gasteiger partial charge in [-0.25, -0.2) is 4.39 Å². The highest BCUT2D eigenvalue weighted by Gasteiger charge is 2.15. The van der Waals surface area contributed by atoms with Gasteiger partial charge in [-0.05, 0) is 38.0 Å². The molecule has 4 heteroatoms. The first kappa shape index (κ1) is 14.5. The second kappa shape index (κ2) is 6.99. The first-order valence-corrected chi connectivity index (χ1v) is 6.25. The van der Waals surface area contributed by atoms with Gasteiger partial charge in [0.2, 0.25) is 0 Å². The largest absolute Gasteiger partial charge is 0.478 e. The number of carbonyl (C=O) groups is 1. The van der Waals surface area contributed by atoms with Gasteiger partial charge in [0.1, 0.15) is 0 Å². The number of rotatable bonds is 6. The Morgan fingerprint density at radius 1 is 1.50 bits per heavy atom. The number of aryl methyl sites for hydroxylation is 1. The fourth-order valence-electron chi connectivity index (χ4n) is 1.48. The summed E-state index contributed by atoms with van der Waals surface area (Å²) in [5.74, 6) is -0.550. The highest BCUT2D eigenvalue weighted by molar-refractivity contribution is 5.80. The van der Waals surface area contributed by atoms with Crippen LogP contribution in [0.4, 0.5) is 4.39 Å². The zero-order valence-corrected chi connectivity index (χ0v) is 11.1. The third kappa shape index (κ3) is 4.35. The van der Waals surface area contributed by atoms with Crippen molar-refractivity contribution in [3.05, 3.63) is 29.6 Å². The van der Waals surface area contributed by atoms with Gasteiger partial charge in [0.15, 0.2) is 17.7 Å². The molecule has 1 unspecified atom stereocenters. The lowest BCUT2D eigenvalue weighted by molar-refractivity contribution is -0.127. The molecule has 0 bridgehead atoms. The predicted molar refractivity (Wildman–Crippen MR) is 69.1 cm³/mol. The summed E-state index contributed by atoms with van der Waals surface area (Å²) in [6.07, 6.45) is 1.25. The summed E-state index contributed by atoms with van der Waals surface area (Å²) in [7, 11) is 0. The summed E-state index contributed by atoms with van der Waals surface area (Å²) in [5, 5.41) is 2.75. The Bertz CT molecular complexity index is 407. The minimum absolute atomic E-state index is 0.119. The molecule has 3 nitrogen and oxygen atoms in total. The van der Waals surface area contributed by atoms with E-state index in [9.17, 15) is 9.18 Å². The SMILES string of the molecule is CCCCNC(=O)C(C)Oc1cc(C)ccc1F. The lowest BCUT2D eigenvalue weighted by atomic mass is 10.2. The number of nitrogens with one attached hydrogen (secondary N) is 1. The fraction of sp³-hybridized carbons (Fsp3) is 0.500. The molecule has 1 atom stereocenters. The first-order valence-electron chi connectivity index (χ1n) is 6.25. The van der Waals surface area contributed by atoms with Gasteiger partial charge in [0.25, 0.3) is 5.91 Å². The van der Waals surface area contributed by atoms with Crippen LogP contribution in [0.3, 0.4) is 0 Å². The zero-order chi connectivity index (χ0) is 13.5. The van der Waals surface area contributed by atoms with Gasteiger partial charge in [-0.1, -0.05) is 19.4 Å². The van der Waals surface area contributed by atoms with Crippen LogP contribution in [0.25, 0.3) is 0 Å². The minimum atomic E-state index is -0.696. The molecule has 1 amide bonds. The molecule has 0 aromatic heterocycles. The minimum Gasteiger partial charge on any atom is -0.478 e. The Morgan fingerprint density at radius 2 is 2.22 bits per heavy atom. The van der Waals surface area contributed by atoms with Crippen molar-refractivity contribution in [2.45, 2.75) is 39.7 Å². The molecular weight excluding hydrogens is 233 g/mol. The van der Waals surface area contributed by atoms with Crippen molar-refractivity contribution >= 4 is 5.91 Å². The highest BCUT2D eigenvalue weighted by Crippen LogP contribution is 2.19. The van der Waals surface area contributed by atoms with Crippen LogP contribution in [0.5, 0.6) is 5.75 Å². The molecule has 1 rings (SSSR count). The molecule has 0 saturated carbocycles. The molecule has 1 aromatic rings. The van der Waals surface area contributed by atoms with Crippen LogP contribution < -0.4 is 10.1 Å². The molecule has 1 aromatic carbocycles. The normalized spacial score (nSPS) is 12.0. The van der Waals surface area contributed by atoms with E-state index in [1.165, 1.54) is 6.07 Å². The van der Waals surface area contributed by atoms with Crippen molar-refractivity contribution in [2.24, 2.45) is 0 Å².